The van der Waals surface area contributed by atoms with Gasteiger partial charge in [-0.05, 0) is 24.6 Å². The summed E-state index contributed by atoms with van der Waals surface area (Å²) in [5.74, 6) is 1.78. The standard InChI is InChI=1S/C13H13Cl2N3O/c1-8-16-13(19-17-8)10-6-18(7-10)5-9-2-3-11(14)12(15)4-9/h2-4,10H,5-7H2,1H3. The highest BCUT2D eigenvalue weighted by Gasteiger charge is 2.32. The van der Waals surface area contributed by atoms with Crippen LogP contribution >= 0.6 is 23.2 Å². The zero-order valence-corrected chi connectivity index (χ0v) is 11.9. The Labute approximate surface area is 121 Å². The van der Waals surface area contributed by atoms with Crippen LogP contribution in [0, 0.1) is 6.92 Å². The minimum absolute atomic E-state index is 0.351. The summed E-state index contributed by atoms with van der Waals surface area (Å²) in [5.41, 5.74) is 1.16. The van der Waals surface area contributed by atoms with E-state index in [0.717, 1.165) is 31.1 Å². The molecule has 0 unspecified atom stereocenters. The summed E-state index contributed by atoms with van der Waals surface area (Å²) in [4.78, 5) is 6.57. The molecule has 100 valence electrons. The quantitative estimate of drug-likeness (QED) is 0.872. The van der Waals surface area contributed by atoms with Crippen molar-refractivity contribution in [3.8, 4) is 0 Å². The van der Waals surface area contributed by atoms with Gasteiger partial charge in [-0.2, -0.15) is 4.98 Å². The predicted molar refractivity (Wildman–Crippen MR) is 73.5 cm³/mol. The van der Waals surface area contributed by atoms with E-state index in [4.69, 9.17) is 27.7 Å². The maximum atomic E-state index is 6.00. The van der Waals surface area contributed by atoms with E-state index in [9.17, 15) is 0 Å². The molecule has 0 saturated carbocycles. The van der Waals surface area contributed by atoms with Gasteiger partial charge in [-0.25, -0.2) is 0 Å². The van der Waals surface area contributed by atoms with Crippen LogP contribution in [-0.4, -0.2) is 28.1 Å². The van der Waals surface area contributed by atoms with Crippen LogP contribution in [0.4, 0.5) is 0 Å². The van der Waals surface area contributed by atoms with E-state index < -0.39 is 0 Å². The fraction of sp³-hybridized carbons (Fsp3) is 0.385. The highest BCUT2D eigenvalue weighted by molar-refractivity contribution is 6.42. The van der Waals surface area contributed by atoms with Gasteiger partial charge in [-0.1, -0.05) is 34.4 Å². The Morgan fingerprint density at radius 3 is 2.74 bits per heavy atom. The largest absolute Gasteiger partial charge is 0.339 e. The van der Waals surface area contributed by atoms with Crippen molar-refractivity contribution < 1.29 is 4.52 Å². The van der Waals surface area contributed by atoms with Crippen molar-refractivity contribution in [2.45, 2.75) is 19.4 Å². The van der Waals surface area contributed by atoms with Crippen LogP contribution in [0.2, 0.25) is 10.0 Å². The second kappa shape index (κ2) is 5.12. The lowest BCUT2D eigenvalue weighted by molar-refractivity contribution is 0.117. The van der Waals surface area contributed by atoms with Gasteiger partial charge in [-0.15, -0.1) is 0 Å². The minimum Gasteiger partial charge on any atom is -0.339 e. The highest BCUT2D eigenvalue weighted by atomic mass is 35.5. The molecule has 3 rings (SSSR count). The van der Waals surface area contributed by atoms with Crippen molar-refractivity contribution in [3.63, 3.8) is 0 Å². The van der Waals surface area contributed by atoms with Crippen LogP contribution in [0.5, 0.6) is 0 Å². The maximum absolute atomic E-state index is 6.00. The van der Waals surface area contributed by atoms with E-state index in [2.05, 4.69) is 15.0 Å². The van der Waals surface area contributed by atoms with Gasteiger partial charge in [0.15, 0.2) is 5.82 Å². The summed E-state index contributed by atoms with van der Waals surface area (Å²) in [5, 5.41) is 5.00. The van der Waals surface area contributed by atoms with E-state index in [-0.39, 0.29) is 0 Å². The number of likely N-dealkylation sites (tertiary alicyclic amines) is 1. The van der Waals surface area contributed by atoms with Gasteiger partial charge in [0, 0.05) is 19.6 Å². The van der Waals surface area contributed by atoms with Crippen LogP contribution in [0.15, 0.2) is 22.7 Å². The molecule has 1 saturated heterocycles. The first kappa shape index (κ1) is 12.9. The molecular formula is C13H13Cl2N3O. The molecule has 0 bridgehead atoms. The molecule has 1 aliphatic heterocycles. The van der Waals surface area contributed by atoms with E-state index in [1.807, 2.05) is 25.1 Å². The fourth-order valence-corrected chi connectivity index (χ4v) is 2.55. The topological polar surface area (TPSA) is 42.2 Å². The van der Waals surface area contributed by atoms with Crippen LogP contribution in [0.3, 0.4) is 0 Å². The Morgan fingerprint density at radius 2 is 2.11 bits per heavy atom. The molecule has 0 spiro atoms. The first-order valence-electron chi connectivity index (χ1n) is 6.08. The number of hydrogen-bond donors (Lipinski definition) is 0. The lowest BCUT2D eigenvalue weighted by Gasteiger charge is -2.37. The fourth-order valence-electron chi connectivity index (χ4n) is 2.23. The lowest BCUT2D eigenvalue weighted by atomic mass is 9.99. The Morgan fingerprint density at radius 1 is 1.32 bits per heavy atom. The Kier molecular flexibility index (Phi) is 3.48. The third-order valence-electron chi connectivity index (χ3n) is 3.24. The summed E-state index contributed by atoms with van der Waals surface area (Å²) in [6.45, 7) is 4.56. The second-order valence-corrected chi connectivity index (χ2v) is 5.63. The molecule has 0 atom stereocenters. The third kappa shape index (κ3) is 2.76. The number of rotatable bonds is 3. The molecule has 0 N–H and O–H groups in total. The Balaban J connectivity index is 1.58. The molecule has 2 heterocycles. The summed E-state index contributed by atoms with van der Waals surface area (Å²) in [7, 11) is 0. The normalized spacial score (nSPS) is 16.6. The summed E-state index contributed by atoms with van der Waals surface area (Å²) < 4.78 is 5.18. The average molecular weight is 298 g/mol. The smallest absolute Gasteiger partial charge is 0.232 e. The number of hydrogen-bond acceptors (Lipinski definition) is 4. The van der Waals surface area contributed by atoms with Gasteiger partial charge in [0.1, 0.15) is 0 Å². The van der Waals surface area contributed by atoms with Crippen LogP contribution in [0.1, 0.15) is 23.2 Å². The zero-order chi connectivity index (χ0) is 13.4. The zero-order valence-electron chi connectivity index (χ0n) is 10.4. The van der Waals surface area contributed by atoms with Gasteiger partial charge in [0.25, 0.3) is 0 Å². The monoisotopic (exact) mass is 297 g/mol. The molecule has 4 nitrogen and oxygen atoms in total. The molecule has 1 aromatic heterocycles. The number of nitrogens with zero attached hydrogens (tertiary/aromatic N) is 3. The number of benzene rings is 1. The molecule has 19 heavy (non-hydrogen) atoms. The number of aryl methyl sites for hydroxylation is 1. The van der Waals surface area contributed by atoms with E-state index in [1.54, 1.807) is 0 Å². The number of halogens is 2. The summed E-state index contributed by atoms with van der Waals surface area (Å²) >= 11 is 11.9. The molecule has 1 aromatic carbocycles. The number of aromatic nitrogens is 2. The SMILES string of the molecule is Cc1noc(C2CN(Cc3ccc(Cl)c(Cl)c3)C2)n1. The van der Waals surface area contributed by atoms with Crippen molar-refractivity contribution in [2.24, 2.45) is 0 Å². The molecule has 0 amide bonds. The average Bonchev–Trinajstić information content (AvgIpc) is 2.74. The molecule has 0 radical (unpaired) electrons. The first-order valence-corrected chi connectivity index (χ1v) is 6.84. The van der Waals surface area contributed by atoms with E-state index >= 15 is 0 Å². The predicted octanol–water partition coefficient (Wildman–Crippen LogP) is 3.28. The summed E-state index contributed by atoms with van der Waals surface area (Å²) in [6, 6.07) is 5.74. The van der Waals surface area contributed by atoms with Crippen molar-refractivity contribution in [1.82, 2.24) is 15.0 Å². The minimum atomic E-state index is 0.351. The van der Waals surface area contributed by atoms with Gasteiger partial charge in [-0.3, -0.25) is 4.90 Å². The van der Waals surface area contributed by atoms with Crippen molar-refractivity contribution in [2.75, 3.05) is 13.1 Å². The molecule has 2 aromatic rings. The van der Waals surface area contributed by atoms with Crippen LogP contribution in [0.25, 0.3) is 0 Å². The molecule has 0 aliphatic carbocycles. The second-order valence-electron chi connectivity index (χ2n) is 4.82. The van der Waals surface area contributed by atoms with E-state index in [1.165, 1.54) is 0 Å². The maximum Gasteiger partial charge on any atom is 0.232 e. The highest BCUT2D eigenvalue weighted by Crippen LogP contribution is 2.29. The Bertz CT molecular complexity index is 593. The van der Waals surface area contributed by atoms with E-state index in [0.29, 0.717) is 21.8 Å². The molecular weight excluding hydrogens is 285 g/mol. The first-order chi connectivity index (χ1) is 9.11. The molecule has 1 fully saturated rings. The van der Waals surface area contributed by atoms with Crippen LogP contribution in [-0.2, 0) is 6.54 Å². The summed E-state index contributed by atoms with van der Waals surface area (Å²) in [6.07, 6.45) is 0. The van der Waals surface area contributed by atoms with Gasteiger partial charge in [0.05, 0.1) is 16.0 Å². The Hall–Kier alpha value is -1.10. The molecule has 6 heteroatoms. The van der Waals surface area contributed by atoms with Crippen LogP contribution < -0.4 is 0 Å². The van der Waals surface area contributed by atoms with Gasteiger partial charge in [0.2, 0.25) is 5.89 Å². The van der Waals surface area contributed by atoms with Crippen molar-refractivity contribution in [1.29, 1.82) is 0 Å². The third-order valence-corrected chi connectivity index (χ3v) is 3.98. The lowest BCUT2D eigenvalue weighted by Crippen LogP contribution is -2.44. The van der Waals surface area contributed by atoms with Gasteiger partial charge >= 0.3 is 0 Å². The van der Waals surface area contributed by atoms with Gasteiger partial charge < -0.3 is 4.52 Å². The van der Waals surface area contributed by atoms with Crippen molar-refractivity contribution in [3.05, 3.63) is 45.5 Å². The molecule has 1 aliphatic rings. The van der Waals surface area contributed by atoms with Crippen molar-refractivity contribution >= 4 is 23.2 Å².